The zero-order valence-corrected chi connectivity index (χ0v) is 8.80. The van der Waals surface area contributed by atoms with Crippen LogP contribution >= 0.6 is 11.3 Å². The first-order chi connectivity index (χ1) is 6.77. The fourth-order valence-corrected chi connectivity index (χ4v) is 2.76. The van der Waals surface area contributed by atoms with Crippen molar-refractivity contribution in [2.75, 3.05) is 13.1 Å². The Morgan fingerprint density at radius 1 is 1.71 bits per heavy atom. The first-order valence-corrected chi connectivity index (χ1v) is 5.76. The number of amides is 1. The number of hydrogen-bond acceptors (Lipinski definition) is 3. The van der Waals surface area contributed by atoms with Crippen LogP contribution in [0.4, 0.5) is 0 Å². The van der Waals surface area contributed by atoms with E-state index < -0.39 is 0 Å². The molecule has 1 amide bonds. The first kappa shape index (κ1) is 9.68. The molecule has 0 bridgehead atoms. The van der Waals surface area contributed by atoms with Crippen molar-refractivity contribution in [3.8, 4) is 0 Å². The van der Waals surface area contributed by atoms with Gasteiger partial charge in [-0.2, -0.15) is 11.3 Å². The molecule has 0 aliphatic carbocycles. The minimum absolute atomic E-state index is 0.230. The Bertz CT molecular complexity index is 310. The molecule has 1 aromatic heterocycles. The second-order valence-electron chi connectivity index (χ2n) is 3.65. The summed E-state index contributed by atoms with van der Waals surface area (Å²) in [6.07, 6.45) is 2.30. The van der Waals surface area contributed by atoms with Gasteiger partial charge in [0.05, 0.1) is 6.54 Å². The molecule has 3 nitrogen and oxygen atoms in total. The van der Waals surface area contributed by atoms with Gasteiger partial charge in [-0.25, -0.2) is 0 Å². The van der Waals surface area contributed by atoms with Crippen LogP contribution in [0.15, 0.2) is 16.8 Å². The van der Waals surface area contributed by atoms with Crippen LogP contribution in [0.3, 0.4) is 0 Å². The molecular weight excluding hydrogens is 196 g/mol. The summed E-state index contributed by atoms with van der Waals surface area (Å²) in [6.45, 7) is 1.38. The third kappa shape index (κ3) is 1.96. The average molecular weight is 210 g/mol. The smallest absolute Gasteiger partial charge is 0.231 e. The van der Waals surface area contributed by atoms with Crippen LogP contribution in [-0.2, 0) is 4.79 Å². The van der Waals surface area contributed by atoms with E-state index in [0.29, 0.717) is 12.6 Å². The van der Waals surface area contributed by atoms with Crippen molar-refractivity contribution in [2.24, 2.45) is 5.73 Å². The fourth-order valence-electron chi connectivity index (χ4n) is 2.06. The number of carbonyl (C=O) groups is 1. The van der Waals surface area contributed by atoms with Gasteiger partial charge in [-0.3, -0.25) is 9.69 Å². The van der Waals surface area contributed by atoms with E-state index >= 15 is 0 Å². The van der Waals surface area contributed by atoms with Crippen molar-refractivity contribution < 1.29 is 4.79 Å². The van der Waals surface area contributed by atoms with Gasteiger partial charge in [0.1, 0.15) is 0 Å². The highest BCUT2D eigenvalue weighted by atomic mass is 32.1. The van der Waals surface area contributed by atoms with Gasteiger partial charge in [0.2, 0.25) is 5.91 Å². The highest BCUT2D eigenvalue weighted by Crippen LogP contribution is 2.32. The Kier molecular flexibility index (Phi) is 2.84. The Hall–Kier alpha value is -0.870. The summed E-state index contributed by atoms with van der Waals surface area (Å²) in [5.74, 6) is -0.230. The molecule has 2 N–H and O–H groups in total. The Balaban J connectivity index is 2.07. The summed E-state index contributed by atoms with van der Waals surface area (Å²) < 4.78 is 0. The predicted octanol–water partition coefficient (Wildman–Crippen LogP) is 1.37. The summed E-state index contributed by atoms with van der Waals surface area (Å²) >= 11 is 1.70. The zero-order chi connectivity index (χ0) is 9.97. The number of likely N-dealkylation sites (tertiary alicyclic amines) is 1. The van der Waals surface area contributed by atoms with Crippen LogP contribution in [0.1, 0.15) is 24.4 Å². The molecule has 1 aliphatic heterocycles. The molecule has 2 rings (SSSR count). The molecule has 1 atom stereocenters. The number of nitrogens with zero attached hydrogens (tertiary/aromatic N) is 1. The number of rotatable bonds is 3. The van der Waals surface area contributed by atoms with Gasteiger partial charge in [-0.1, -0.05) is 0 Å². The normalized spacial score (nSPS) is 22.7. The Labute approximate surface area is 87.5 Å². The lowest BCUT2D eigenvalue weighted by Gasteiger charge is -2.21. The molecule has 1 fully saturated rings. The molecule has 1 saturated heterocycles. The van der Waals surface area contributed by atoms with Gasteiger partial charge in [-0.05, 0) is 41.8 Å². The second-order valence-corrected chi connectivity index (χ2v) is 4.43. The summed E-state index contributed by atoms with van der Waals surface area (Å²) in [7, 11) is 0. The third-order valence-corrected chi connectivity index (χ3v) is 3.35. The zero-order valence-electron chi connectivity index (χ0n) is 7.98. The predicted molar refractivity (Wildman–Crippen MR) is 57.1 cm³/mol. The summed E-state index contributed by atoms with van der Waals surface area (Å²) in [4.78, 5) is 13.0. The van der Waals surface area contributed by atoms with E-state index in [-0.39, 0.29) is 5.91 Å². The average Bonchev–Trinajstić information content (AvgIpc) is 2.70. The van der Waals surface area contributed by atoms with Crippen molar-refractivity contribution in [3.05, 3.63) is 22.4 Å². The van der Waals surface area contributed by atoms with Crippen molar-refractivity contribution in [1.29, 1.82) is 0 Å². The van der Waals surface area contributed by atoms with Gasteiger partial charge < -0.3 is 5.73 Å². The Morgan fingerprint density at radius 3 is 3.21 bits per heavy atom. The van der Waals surface area contributed by atoms with Crippen LogP contribution in [0.2, 0.25) is 0 Å². The topological polar surface area (TPSA) is 46.3 Å². The van der Waals surface area contributed by atoms with Gasteiger partial charge in [0.25, 0.3) is 0 Å². The van der Waals surface area contributed by atoms with Crippen LogP contribution in [0.25, 0.3) is 0 Å². The molecule has 0 aromatic carbocycles. The molecule has 14 heavy (non-hydrogen) atoms. The van der Waals surface area contributed by atoms with Gasteiger partial charge in [0.15, 0.2) is 0 Å². The number of thiophene rings is 1. The third-order valence-electron chi connectivity index (χ3n) is 2.65. The lowest BCUT2D eigenvalue weighted by molar-refractivity contribution is -0.119. The minimum atomic E-state index is -0.230. The molecule has 0 spiro atoms. The number of hydrogen-bond donors (Lipinski definition) is 1. The van der Waals surface area contributed by atoms with E-state index in [0.717, 1.165) is 19.4 Å². The second kappa shape index (κ2) is 4.11. The lowest BCUT2D eigenvalue weighted by Crippen LogP contribution is -2.33. The van der Waals surface area contributed by atoms with Crippen molar-refractivity contribution in [3.63, 3.8) is 0 Å². The highest BCUT2D eigenvalue weighted by Gasteiger charge is 2.26. The fraction of sp³-hybridized carbons (Fsp3) is 0.500. The van der Waals surface area contributed by atoms with Crippen LogP contribution in [0, 0.1) is 0 Å². The van der Waals surface area contributed by atoms with Crippen molar-refractivity contribution in [2.45, 2.75) is 18.9 Å². The van der Waals surface area contributed by atoms with Crippen LogP contribution in [0.5, 0.6) is 0 Å². The maximum Gasteiger partial charge on any atom is 0.231 e. The van der Waals surface area contributed by atoms with Gasteiger partial charge in [-0.15, -0.1) is 0 Å². The monoisotopic (exact) mass is 210 g/mol. The Morgan fingerprint density at radius 2 is 2.57 bits per heavy atom. The highest BCUT2D eigenvalue weighted by molar-refractivity contribution is 7.07. The van der Waals surface area contributed by atoms with E-state index in [1.165, 1.54) is 5.56 Å². The molecule has 76 valence electrons. The van der Waals surface area contributed by atoms with Crippen LogP contribution in [-0.4, -0.2) is 23.9 Å². The molecule has 4 heteroatoms. The quantitative estimate of drug-likeness (QED) is 0.819. The number of primary amides is 1. The standard InChI is InChI=1S/C10H14N2OS/c11-10(13)6-12-4-1-2-9(12)8-3-5-14-7-8/h3,5,7,9H,1-2,4,6H2,(H2,11,13)/t9-/m1/s1. The van der Waals surface area contributed by atoms with E-state index in [9.17, 15) is 4.79 Å². The molecule has 0 saturated carbocycles. The number of carbonyl (C=O) groups excluding carboxylic acids is 1. The molecule has 2 heterocycles. The molecule has 1 aromatic rings. The molecular formula is C10H14N2OS. The maximum absolute atomic E-state index is 10.9. The van der Waals surface area contributed by atoms with E-state index in [2.05, 4.69) is 21.7 Å². The molecule has 1 aliphatic rings. The van der Waals surface area contributed by atoms with Gasteiger partial charge >= 0.3 is 0 Å². The maximum atomic E-state index is 10.9. The molecule has 0 unspecified atom stereocenters. The van der Waals surface area contributed by atoms with E-state index in [1.807, 2.05) is 0 Å². The summed E-state index contributed by atoms with van der Waals surface area (Å²) in [5.41, 5.74) is 6.54. The van der Waals surface area contributed by atoms with Crippen molar-refractivity contribution in [1.82, 2.24) is 4.90 Å². The lowest BCUT2D eigenvalue weighted by atomic mass is 10.1. The molecule has 0 radical (unpaired) electrons. The van der Waals surface area contributed by atoms with E-state index in [4.69, 9.17) is 5.73 Å². The van der Waals surface area contributed by atoms with E-state index in [1.54, 1.807) is 11.3 Å². The summed E-state index contributed by atoms with van der Waals surface area (Å²) in [5, 5.41) is 4.24. The summed E-state index contributed by atoms with van der Waals surface area (Å²) in [6, 6.07) is 2.54. The van der Waals surface area contributed by atoms with Crippen molar-refractivity contribution >= 4 is 17.2 Å². The van der Waals surface area contributed by atoms with Crippen LogP contribution < -0.4 is 5.73 Å². The first-order valence-electron chi connectivity index (χ1n) is 4.82. The SMILES string of the molecule is NC(=O)CN1CCC[C@@H]1c1ccsc1. The largest absolute Gasteiger partial charge is 0.369 e. The number of nitrogens with two attached hydrogens (primary N) is 1. The minimum Gasteiger partial charge on any atom is -0.369 e. The van der Waals surface area contributed by atoms with Gasteiger partial charge in [0, 0.05) is 6.04 Å².